The minimum atomic E-state index is -0.646. The largest absolute Gasteiger partial charge is 0.342 e. The molecule has 33 heavy (non-hydrogen) atoms. The Labute approximate surface area is 205 Å². The van der Waals surface area contributed by atoms with E-state index in [0.29, 0.717) is 12.5 Å². The highest BCUT2D eigenvalue weighted by Gasteiger charge is 2.53. The Hall–Kier alpha value is -1.53. The third-order valence-corrected chi connectivity index (χ3v) is 7.91. The Morgan fingerprint density at radius 3 is 2.42 bits per heavy atom. The Kier molecular flexibility index (Phi) is 10.1. The van der Waals surface area contributed by atoms with Crippen molar-refractivity contribution >= 4 is 23.6 Å². The zero-order valence-corrected chi connectivity index (χ0v) is 21.7. The van der Waals surface area contributed by atoms with Crippen LogP contribution in [0.25, 0.3) is 0 Å². The molecule has 1 atom stereocenters. The SMILES string of the molecule is CSCCCN1C(=O)[C@H](CC(C)C)NC(=O)C12CCN(CCCCCc1ccccc1)CC2. The number of hydrogen-bond acceptors (Lipinski definition) is 4. The average molecular weight is 474 g/mol. The van der Waals surface area contributed by atoms with Crippen LogP contribution in [0, 0.1) is 5.92 Å². The van der Waals surface area contributed by atoms with Crippen LogP contribution in [-0.4, -0.2) is 71.4 Å². The zero-order chi connectivity index (χ0) is 23.7. The predicted molar refractivity (Wildman–Crippen MR) is 138 cm³/mol. The molecule has 1 aromatic rings. The standard InChI is InChI=1S/C27H43N3O2S/c1-22(2)21-24-25(31)30(17-10-20-33-3)27(26(32)28-24)14-18-29(19-15-27)16-9-5-8-13-23-11-6-4-7-12-23/h4,6-7,11-12,22,24H,5,8-10,13-21H2,1-3H3,(H,28,32)/t24-/m0/s1. The van der Waals surface area contributed by atoms with Gasteiger partial charge in [-0.15, -0.1) is 0 Å². The van der Waals surface area contributed by atoms with E-state index in [2.05, 4.69) is 60.7 Å². The number of rotatable bonds is 12. The summed E-state index contributed by atoms with van der Waals surface area (Å²) in [5.74, 6) is 1.62. The summed E-state index contributed by atoms with van der Waals surface area (Å²) in [6.45, 7) is 7.80. The lowest BCUT2D eigenvalue weighted by molar-refractivity contribution is -0.161. The highest BCUT2D eigenvalue weighted by Crippen LogP contribution is 2.34. The van der Waals surface area contributed by atoms with Gasteiger partial charge >= 0.3 is 0 Å². The normalized spacial score (nSPS) is 21.1. The summed E-state index contributed by atoms with van der Waals surface area (Å²) in [5.41, 5.74) is 0.773. The lowest BCUT2D eigenvalue weighted by Gasteiger charge is -2.52. The molecular weight excluding hydrogens is 430 g/mol. The molecule has 2 fully saturated rings. The maximum Gasteiger partial charge on any atom is 0.246 e. The minimum Gasteiger partial charge on any atom is -0.342 e. The summed E-state index contributed by atoms with van der Waals surface area (Å²) in [6.07, 6.45) is 10.1. The van der Waals surface area contributed by atoms with Gasteiger partial charge in [0.25, 0.3) is 0 Å². The van der Waals surface area contributed by atoms with Crippen molar-refractivity contribution in [3.63, 3.8) is 0 Å². The molecular formula is C27H43N3O2S. The molecule has 0 aromatic heterocycles. The number of aryl methyl sites for hydroxylation is 1. The molecule has 5 nitrogen and oxygen atoms in total. The summed E-state index contributed by atoms with van der Waals surface area (Å²) in [6, 6.07) is 10.3. The van der Waals surface area contributed by atoms with Gasteiger partial charge in [-0.1, -0.05) is 50.6 Å². The maximum atomic E-state index is 13.4. The third-order valence-electron chi connectivity index (χ3n) is 7.21. The first-order valence-corrected chi connectivity index (χ1v) is 14.2. The van der Waals surface area contributed by atoms with Gasteiger partial charge in [0, 0.05) is 19.6 Å². The van der Waals surface area contributed by atoms with Crippen LogP contribution in [-0.2, 0) is 16.0 Å². The molecule has 0 aliphatic carbocycles. The lowest BCUT2D eigenvalue weighted by atomic mass is 9.80. The molecule has 1 N–H and O–H groups in total. The van der Waals surface area contributed by atoms with Crippen molar-refractivity contribution in [2.75, 3.05) is 38.2 Å². The first kappa shape index (κ1) is 26.1. The highest BCUT2D eigenvalue weighted by molar-refractivity contribution is 7.98. The van der Waals surface area contributed by atoms with Gasteiger partial charge in [-0.2, -0.15) is 11.8 Å². The van der Waals surface area contributed by atoms with Gasteiger partial charge in [-0.3, -0.25) is 9.59 Å². The molecule has 3 rings (SSSR count). The van der Waals surface area contributed by atoms with Crippen molar-refractivity contribution in [2.45, 2.75) is 76.8 Å². The van der Waals surface area contributed by atoms with Crippen LogP contribution in [0.2, 0.25) is 0 Å². The number of hydrogen-bond donors (Lipinski definition) is 1. The molecule has 2 heterocycles. The highest BCUT2D eigenvalue weighted by atomic mass is 32.2. The van der Waals surface area contributed by atoms with E-state index in [1.165, 1.54) is 24.8 Å². The van der Waals surface area contributed by atoms with Crippen LogP contribution in [0.1, 0.15) is 64.4 Å². The fourth-order valence-corrected chi connectivity index (χ4v) is 5.75. The van der Waals surface area contributed by atoms with E-state index in [-0.39, 0.29) is 17.9 Å². The first-order chi connectivity index (χ1) is 16.0. The van der Waals surface area contributed by atoms with Crippen molar-refractivity contribution < 1.29 is 9.59 Å². The van der Waals surface area contributed by atoms with E-state index in [4.69, 9.17) is 0 Å². The zero-order valence-electron chi connectivity index (χ0n) is 20.9. The topological polar surface area (TPSA) is 52.7 Å². The van der Waals surface area contributed by atoms with Crippen molar-refractivity contribution in [3.05, 3.63) is 35.9 Å². The minimum absolute atomic E-state index is 0.0828. The second-order valence-corrected chi connectivity index (χ2v) is 11.1. The number of unbranched alkanes of at least 4 members (excludes halogenated alkanes) is 2. The number of likely N-dealkylation sites (tertiary alicyclic amines) is 1. The summed E-state index contributed by atoms with van der Waals surface area (Å²) in [5, 5.41) is 3.11. The Morgan fingerprint density at radius 2 is 1.76 bits per heavy atom. The van der Waals surface area contributed by atoms with E-state index in [9.17, 15) is 9.59 Å². The smallest absolute Gasteiger partial charge is 0.246 e. The van der Waals surface area contributed by atoms with Gasteiger partial charge in [0.2, 0.25) is 11.8 Å². The summed E-state index contributed by atoms with van der Waals surface area (Å²) >= 11 is 1.80. The van der Waals surface area contributed by atoms with Gasteiger partial charge in [0.1, 0.15) is 11.6 Å². The Morgan fingerprint density at radius 1 is 1.03 bits per heavy atom. The molecule has 2 aliphatic rings. The maximum absolute atomic E-state index is 13.4. The number of nitrogens with one attached hydrogen (secondary N) is 1. The molecule has 2 aliphatic heterocycles. The van der Waals surface area contributed by atoms with Crippen LogP contribution >= 0.6 is 11.8 Å². The van der Waals surface area contributed by atoms with Gasteiger partial charge in [-0.05, 0) is 75.0 Å². The van der Waals surface area contributed by atoms with Gasteiger partial charge in [-0.25, -0.2) is 0 Å². The molecule has 2 amide bonds. The molecule has 6 heteroatoms. The van der Waals surface area contributed by atoms with Gasteiger partial charge in [0.05, 0.1) is 0 Å². The number of piperidine rings is 1. The van der Waals surface area contributed by atoms with Gasteiger partial charge < -0.3 is 15.1 Å². The van der Waals surface area contributed by atoms with Gasteiger partial charge in [0.15, 0.2) is 0 Å². The van der Waals surface area contributed by atoms with Crippen molar-refractivity contribution in [2.24, 2.45) is 5.92 Å². The summed E-state index contributed by atoms with van der Waals surface area (Å²) < 4.78 is 0. The average Bonchev–Trinajstić information content (AvgIpc) is 2.81. The summed E-state index contributed by atoms with van der Waals surface area (Å²) in [7, 11) is 0. The van der Waals surface area contributed by atoms with E-state index < -0.39 is 5.54 Å². The summed E-state index contributed by atoms with van der Waals surface area (Å²) in [4.78, 5) is 31.2. The van der Waals surface area contributed by atoms with E-state index >= 15 is 0 Å². The molecule has 0 saturated carbocycles. The second kappa shape index (κ2) is 12.8. The van der Waals surface area contributed by atoms with Crippen molar-refractivity contribution in [1.29, 1.82) is 0 Å². The number of amides is 2. The van der Waals surface area contributed by atoms with Crippen LogP contribution in [0.15, 0.2) is 30.3 Å². The number of carbonyl (C=O) groups is 2. The fourth-order valence-electron chi connectivity index (χ4n) is 5.33. The molecule has 2 saturated heterocycles. The fraction of sp³-hybridized carbons (Fsp3) is 0.704. The Balaban J connectivity index is 1.51. The van der Waals surface area contributed by atoms with E-state index in [0.717, 1.165) is 57.5 Å². The number of nitrogens with zero attached hydrogens (tertiary/aromatic N) is 2. The monoisotopic (exact) mass is 473 g/mol. The number of benzene rings is 1. The van der Waals surface area contributed by atoms with E-state index in [1.807, 2.05) is 4.90 Å². The van der Waals surface area contributed by atoms with Crippen LogP contribution in [0.3, 0.4) is 0 Å². The second-order valence-electron chi connectivity index (χ2n) is 10.2. The van der Waals surface area contributed by atoms with Crippen molar-refractivity contribution in [3.8, 4) is 0 Å². The molecule has 0 radical (unpaired) electrons. The van der Waals surface area contributed by atoms with Crippen LogP contribution < -0.4 is 5.32 Å². The predicted octanol–water partition coefficient (Wildman–Crippen LogP) is 4.36. The number of thioether (sulfide) groups is 1. The number of piperazine rings is 1. The van der Waals surface area contributed by atoms with Crippen LogP contribution in [0.4, 0.5) is 0 Å². The van der Waals surface area contributed by atoms with Crippen molar-refractivity contribution in [1.82, 2.24) is 15.1 Å². The molecule has 0 bridgehead atoms. The van der Waals surface area contributed by atoms with E-state index in [1.54, 1.807) is 11.8 Å². The Bertz CT molecular complexity index is 747. The molecule has 1 spiro atoms. The lowest BCUT2D eigenvalue weighted by Crippen LogP contribution is -2.73. The molecule has 1 aromatic carbocycles. The number of carbonyl (C=O) groups excluding carboxylic acids is 2. The molecule has 0 unspecified atom stereocenters. The quantitative estimate of drug-likeness (QED) is 0.458. The first-order valence-electron chi connectivity index (χ1n) is 12.8. The van der Waals surface area contributed by atoms with Crippen LogP contribution in [0.5, 0.6) is 0 Å². The molecule has 184 valence electrons. The third kappa shape index (κ3) is 6.98.